The fourth-order valence-corrected chi connectivity index (χ4v) is 1.92. The summed E-state index contributed by atoms with van der Waals surface area (Å²) in [6.07, 6.45) is 3.20. The zero-order chi connectivity index (χ0) is 11.5. The highest BCUT2D eigenvalue weighted by Gasteiger charge is 2.10. The molecule has 2 aromatic rings. The van der Waals surface area contributed by atoms with E-state index < -0.39 is 11.5 Å². The molecule has 0 aromatic carbocycles. The number of aromatic carboxylic acids is 1. The summed E-state index contributed by atoms with van der Waals surface area (Å²) in [6, 6.07) is 2.83. The van der Waals surface area contributed by atoms with Crippen molar-refractivity contribution in [3.63, 3.8) is 0 Å². The summed E-state index contributed by atoms with van der Waals surface area (Å²) in [4.78, 5) is 26.5. The Kier molecular flexibility index (Phi) is 2.82. The van der Waals surface area contributed by atoms with Gasteiger partial charge in [-0.3, -0.25) is 4.79 Å². The number of carboxylic acids is 1. The molecule has 0 radical (unpaired) electrons. The highest BCUT2D eigenvalue weighted by atomic mass is 32.1. The number of hydrogen-bond acceptors (Lipinski definition) is 4. The van der Waals surface area contributed by atoms with Crippen molar-refractivity contribution in [2.24, 2.45) is 0 Å². The molecule has 6 heteroatoms. The third kappa shape index (κ3) is 2.01. The van der Waals surface area contributed by atoms with Gasteiger partial charge in [0.15, 0.2) is 0 Å². The molecule has 2 aromatic heterocycles. The predicted molar refractivity (Wildman–Crippen MR) is 58.9 cm³/mol. The Morgan fingerprint density at radius 1 is 1.56 bits per heavy atom. The van der Waals surface area contributed by atoms with E-state index in [1.54, 1.807) is 23.8 Å². The first-order chi connectivity index (χ1) is 7.68. The van der Waals surface area contributed by atoms with Crippen LogP contribution in [0.15, 0.2) is 34.7 Å². The van der Waals surface area contributed by atoms with Crippen molar-refractivity contribution in [2.45, 2.75) is 6.54 Å². The Labute approximate surface area is 94.6 Å². The van der Waals surface area contributed by atoms with Crippen LogP contribution < -0.4 is 5.56 Å². The summed E-state index contributed by atoms with van der Waals surface area (Å²) < 4.78 is 1.34. The molecule has 0 saturated carbocycles. The van der Waals surface area contributed by atoms with Gasteiger partial charge in [-0.2, -0.15) is 0 Å². The zero-order valence-electron chi connectivity index (χ0n) is 8.16. The lowest BCUT2D eigenvalue weighted by Gasteiger charge is -2.03. The van der Waals surface area contributed by atoms with Crippen molar-refractivity contribution < 1.29 is 9.90 Å². The Morgan fingerprint density at radius 2 is 2.38 bits per heavy atom. The van der Waals surface area contributed by atoms with Crippen LogP contribution in [0.2, 0.25) is 0 Å². The number of carboxylic acid groups (broad SMARTS) is 1. The van der Waals surface area contributed by atoms with Crippen LogP contribution in [0.4, 0.5) is 0 Å². The van der Waals surface area contributed by atoms with E-state index in [-0.39, 0.29) is 5.56 Å². The van der Waals surface area contributed by atoms with Crippen LogP contribution in [0.25, 0.3) is 0 Å². The van der Waals surface area contributed by atoms with Crippen LogP contribution in [0.5, 0.6) is 0 Å². The molecule has 0 aliphatic rings. The number of rotatable bonds is 3. The van der Waals surface area contributed by atoms with Crippen molar-refractivity contribution in [3.8, 4) is 0 Å². The second-order valence-corrected chi connectivity index (χ2v) is 4.07. The molecular weight excluding hydrogens is 228 g/mol. The summed E-state index contributed by atoms with van der Waals surface area (Å²) in [6.45, 7) is 0.303. The van der Waals surface area contributed by atoms with E-state index in [4.69, 9.17) is 5.11 Å². The average Bonchev–Trinajstić information content (AvgIpc) is 2.73. The minimum absolute atomic E-state index is 0.223. The van der Waals surface area contributed by atoms with Crippen LogP contribution in [0.1, 0.15) is 15.4 Å². The number of nitrogens with zero attached hydrogens (tertiary/aromatic N) is 2. The van der Waals surface area contributed by atoms with Crippen molar-refractivity contribution in [2.75, 3.05) is 0 Å². The topological polar surface area (TPSA) is 72.2 Å². The molecule has 2 heterocycles. The van der Waals surface area contributed by atoms with Crippen LogP contribution in [0.3, 0.4) is 0 Å². The van der Waals surface area contributed by atoms with Crippen LogP contribution in [-0.2, 0) is 6.54 Å². The number of hydrogen-bond donors (Lipinski definition) is 1. The lowest BCUT2D eigenvalue weighted by atomic mass is 10.3. The highest BCUT2D eigenvalue weighted by Crippen LogP contribution is 2.05. The maximum atomic E-state index is 11.7. The SMILES string of the molecule is O=C(O)c1cccn(Cc2nccs2)c1=O. The van der Waals surface area contributed by atoms with Gasteiger partial charge in [0.1, 0.15) is 10.6 Å². The molecule has 0 fully saturated rings. The number of thiazole rings is 1. The lowest BCUT2D eigenvalue weighted by molar-refractivity contribution is 0.0694. The number of pyridine rings is 1. The first-order valence-corrected chi connectivity index (χ1v) is 5.37. The van der Waals surface area contributed by atoms with Gasteiger partial charge in [0, 0.05) is 17.8 Å². The van der Waals surface area contributed by atoms with Gasteiger partial charge in [-0.1, -0.05) is 0 Å². The third-order valence-corrected chi connectivity index (χ3v) is 2.80. The molecule has 2 rings (SSSR count). The number of aromatic nitrogens is 2. The standard InChI is InChI=1S/C10H8N2O3S/c13-9-7(10(14)15)2-1-4-12(9)6-8-11-3-5-16-8/h1-5H,6H2,(H,14,15). The number of carbonyl (C=O) groups is 1. The first-order valence-electron chi connectivity index (χ1n) is 4.49. The Bertz CT molecular complexity index is 560. The summed E-state index contributed by atoms with van der Waals surface area (Å²) >= 11 is 1.42. The second kappa shape index (κ2) is 4.28. The largest absolute Gasteiger partial charge is 0.477 e. The van der Waals surface area contributed by atoms with Crippen LogP contribution in [-0.4, -0.2) is 20.6 Å². The molecule has 82 valence electrons. The zero-order valence-corrected chi connectivity index (χ0v) is 8.98. The van der Waals surface area contributed by atoms with Crippen LogP contribution >= 0.6 is 11.3 Å². The molecule has 0 aliphatic carbocycles. The van der Waals surface area contributed by atoms with Gasteiger partial charge in [0.05, 0.1) is 6.54 Å². The predicted octanol–water partition coefficient (Wildman–Crippen LogP) is 1.05. The Hall–Kier alpha value is -1.95. The van der Waals surface area contributed by atoms with E-state index in [9.17, 15) is 9.59 Å². The van der Waals surface area contributed by atoms with Gasteiger partial charge >= 0.3 is 5.97 Å². The van der Waals surface area contributed by atoms with Gasteiger partial charge in [-0.05, 0) is 12.1 Å². The minimum atomic E-state index is -1.21. The molecule has 0 aliphatic heterocycles. The maximum absolute atomic E-state index is 11.7. The summed E-state index contributed by atoms with van der Waals surface area (Å²) in [5.41, 5.74) is -0.732. The lowest BCUT2D eigenvalue weighted by Crippen LogP contribution is -2.25. The molecule has 16 heavy (non-hydrogen) atoms. The van der Waals surface area contributed by atoms with Gasteiger partial charge in [-0.25, -0.2) is 9.78 Å². The summed E-state index contributed by atoms with van der Waals surface area (Å²) in [7, 11) is 0. The van der Waals surface area contributed by atoms with Gasteiger partial charge in [0.25, 0.3) is 5.56 Å². The normalized spacial score (nSPS) is 10.2. The smallest absolute Gasteiger partial charge is 0.341 e. The van der Waals surface area contributed by atoms with E-state index >= 15 is 0 Å². The molecule has 0 spiro atoms. The molecular formula is C10H8N2O3S. The van der Waals surface area contributed by atoms with E-state index in [0.717, 1.165) is 5.01 Å². The summed E-state index contributed by atoms with van der Waals surface area (Å²) in [5, 5.41) is 11.4. The van der Waals surface area contributed by atoms with E-state index in [0.29, 0.717) is 6.54 Å². The van der Waals surface area contributed by atoms with Crippen molar-refractivity contribution in [3.05, 3.63) is 50.8 Å². The third-order valence-electron chi connectivity index (χ3n) is 2.04. The molecule has 5 nitrogen and oxygen atoms in total. The Balaban J connectivity index is 2.39. The molecule has 0 atom stereocenters. The molecule has 0 saturated heterocycles. The van der Waals surface area contributed by atoms with Crippen molar-refractivity contribution in [1.29, 1.82) is 0 Å². The second-order valence-electron chi connectivity index (χ2n) is 3.09. The van der Waals surface area contributed by atoms with Gasteiger partial charge in [-0.15, -0.1) is 11.3 Å². The molecule has 0 amide bonds. The monoisotopic (exact) mass is 236 g/mol. The highest BCUT2D eigenvalue weighted by molar-refractivity contribution is 7.09. The first kappa shape index (κ1) is 10.6. The fraction of sp³-hybridized carbons (Fsp3) is 0.100. The van der Waals surface area contributed by atoms with E-state index in [1.807, 2.05) is 0 Å². The molecule has 0 bridgehead atoms. The quantitative estimate of drug-likeness (QED) is 0.864. The minimum Gasteiger partial charge on any atom is -0.477 e. The van der Waals surface area contributed by atoms with E-state index in [2.05, 4.69) is 4.98 Å². The van der Waals surface area contributed by atoms with Gasteiger partial charge in [0.2, 0.25) is 0 Å². The van der Waals surface area contributed by atoms with Crippen LogP contribution in [0, 0.1) is 0 Å². The van der Waals surface area contributed by atoms with Gasteiger partial charge < -0.3 is 9.67 Å². The van der Waals surface area contributed by atoms with Crippen molar-refractivity contribution >= 4 is 17.3 Å². The molecule has 1 N–H and O–H groups in total. The van der Waals surface area contributed by atoms with E-state index in [1.165, 1.54) is 22.0 Å². The fourth-order valence-electron chi connectivity index (χ4n) is 1.30. The summed E-state index contributed by atoms with van der Waals surface area (Å²) in [5.74, 6) is -1.21. The maximum Gasteiger partial charge on any atom is 0.341 e. The average molecular weight is 236 g/mol. The molecule has 0 unspecified atom stereocenters. The van der Waals surface area contributed by atoms with Crippen molar-refractivity contribution in [1.82, 2.24) is 9.55 Å². The Morgan fingerprint density at radius 3 is 3.00 bits per heavy atom.